The van der Waals surface area contributed by atoms with E-state index in [1.165, 1.54) is 29.0 Å². The van der Waals surface area contributed by atoms with Crippen molar-refractivity contribution in [3.63, 3.8) is 0 Å². The minimum absolute atomic E-state index is 0.591. The Hall–Kier alpha value is -0.340. The standard InChI is InChI=1S/C13H21NS/c1-9-4-6-11(8-9)13(14-3)12-7-5-10(2)15-12/h5,7,9,11,13-14H,4,6,8H2,1-3H3. The third-order valence-electron chi connectivity index (χ3n) is 3.59. The van der Waals surface area contributed by atoms with Crippen LogP contribution in [-0.4, -0.2) is 7.05 Å². The molecule has 0 aliphatic heterocycles. The molecular formula is C13H21NS. The highest BCUT2D eigenvalue weighted by atomic mass is 32.1. The molecule has 15 heavy (non-hydrogen) atoms. The molecule has 0 spiro atoms. The lowest BCUT2D eigenvalue weighted by Crippen LogP contribution is -2.22. The Morgan fingerprint density at radius 1 is 1.40 bits per heavy atom. The van der Waals surface area contributed by atoms with Crippen LogP contribution in [0.2, 0.25) is 0 Å². The average Bonchev–Trinajstić information content (AvgIpc) is 2.78. The lowest BCUT2D eigenvalue weighted by atomic mass is 9.96. The second kappa shape index (κ2) is 4.67. The quantitative estimate of drug-likeness (QED) is 0.823. The molecule has 1 aromatic heterocycles. The number of rotatable bonds is 3. The van der Waals surface area contributed by atoms with Gasteiger partial charge in [-0.3, -0.25) is 0 Å². The highest BCUT2D eigenvalue weighted by Gasteiger charge is 2.29. The first-order valence-corrected chi connectivity index (χ1v) is 6.76. The Bertz CT molecular complexity index is 318. The second-order valence-corrected chi connectivity index (χ2v) is 6.21. The number of hydrogen-bond donors (Lipinski definition) is 1. The molecule has 2 heteroatoms. The fraction of sp³-hybridized carbons (Fsp3) is 0.692. The third-order valence-corrected chi connectivity index (χ3v) is 4.67. The van der Waals surface area contributed by atoms with Gasteiger partial charge in [-0.1, -0.05) is 13.3 Å². The van der Waals surface area contributed by atoms with E-state index in [4.69, 9.17) is 0 Å². The Labute approximate surface area is 96.9 Å². The minimum Gasteiger partial charge on any atom is -0.312 e. The monoisotopic (exact) mass is 223 g/mol. The first kappa shape index (κ1) is 11.2. The van der Waals surface area contributed by atoms with Gasteiger partial charge in [0.15, 0.2) is 0 Å². The van der Waals surface area contributed by atoms with Crippen LogP contribution in [0.15, 0.2) is 12.1 Å². The number of aryl methyl sites for hydroxylation is 1. The van der Waals surface area contributed by atoms with Crippen molar-refractivity contribution in [3.8, 4) is 0 Å². The van der Waals surface area contributed by atoms with E-state index in [2.05, 4.69) is 38.3 Å². The lowest BCUT2D eigenvalue weighted by molar-refractivity contribution is 0.384. The summed E-state index contributed by atoms with van der Waals surface area (Å²) in [6.07, 6.45) is 4.19. The van der Waals surface area contributed by atoms with Crippen molar-refractivity contribution in [2.45, 2.75) is 39.2 Å². The van der Waals surface area contributed by atoms with Gasteiger partial charge in [0.25, 0.3) is 0 Å². The molecule has 0 radical (unpaired) electrons. The van der Waals surface area contributed by atoms with Crippen LogP contribution in [0.3, 0.4) is 0 Å². The van der Waals surface area contributed by atoms with Gasteiger partial charge in [-0.2, -0.15) is 0 Å². The zero-order chi connectivity index (χ0) is 10.8. The molecule has 1 heterocycles. The van der Waals surface area contributed by atoms with Crippen molar-refractivity contribution in [3.05, 3.63) is 21.9 Å². The van der Waals surface area contributed by atoms with Gasteiger partial charge in [-0.05, 0) is 50.8 Å². The molecule has 0 amide bonds. The van der Waals surface area contributed by atoms with Gasteiger partial charge in [0, 0.05) is 15.8 Å². The van der Waals surface area contributed by atoms with Crippen molar-refractivity contribution in [2.24, 2.45) is 11.8 Å². The SMILES string of the molecule is CNC(c1ccc(C)s1)C1CCC(C)C1. The molecule has 3 atom stereocenters. The van der Waals surface area contributed by atoms with Crippen molar-refractivity contribution >= 4 is 11.3 Å². The van der Waals surface area contributed by atoms with E-state index in [0.717, 1.165) is 11.8 Å². The molecule has 1 aromatic rings. The molecule has 2 rings (SSSR count). The predicted molar refractivity (Wildman–Crippen MR) is 67.4 cm³/mol. The van der Waals surface area contributed by atoms with Crippen molar-refractivity contribution in [1.82, 2.24) is 5.32 Å². The molecule has 0 aromatic carbocycles. The normalized spacial score (nSPS) is 28.2. The summed E-state index contributed by atoms with van der Waals surface area (Å²) in [7, 11) is 2.10. The first-order chi connectivity index (χ1) is 7.20. The molecular weight excluding hydrogens is 202 g/mol. The molecule has 0 bridgehead atoms. The van der Waals surface area contributed by atoms with Gasteiger partial charge in [-0.15, -0.1) is 11.3 Å². The van der Waals surface area contributed by atoms with Crippen LogP contribution in [0.25, 0.3) is 0 Å². The summed E-state index contributed by atoms with van der Waals surface area (Å²) in [5, 5.41) is 3.50. The minimum atomic E-state index is 0.591. The summed E-state index contributed by atoms with van der Waals surface area (Å²) >= 11 is 1.95. The highest BCUT2D eigenvalue weighted by molar-refractivity contribution is 7.12. The van der Waals surface area contributed by atoms with Gasteiger partial charge in [-0.25, -0.2) is 0 Å². The van der Waals surface area contributed by atoms with E-state index in [0.29, 0.717) is 6.04 Å². The number of nitrogens with one attached hydrogen (secondary N) is 1. The molecule has 1 fully saturated rings. The van der Waals surface area contributed by atoms with Crippen LogP contribution in [-0.2, 0) is 0 Å². The van der Waals surface area contributed by atoms with Crippen LogP contribution in [0.4, 0.5) is 0 Å². The summed E-state index contributed by atoms with van der Waals surface area (Å²) in [4.78, 5) is 2.95. The Balaban J connectivity index is 2.10. The predicted octanol–water partition coefficient (Wildman–Crippen LogP) is 3.75. The third kappa shape index (κ3) is 2.43. The van der Waals surface area contributed by atoms with Gasteiger partial charge in [0.2, 0.25) is 0 Å². The van der Waals surface area contributed by atoms with Crippen LogP contribution in [0.1, 0.15) is 42.0 Å². The van der Waals surface area contributed by atoms with Gasteiger partial charge < -0.3 is 5.32 Å². The topological polar surface area (TPSA) is 12.0 Å². The number of hydrogen-bond acceptors (Lipinski definition) is 2. The van der Waals surface area contributed by atoms with Gasteiger partial charge in [0.1, 0.15) is 0 Å². The maximum absolute atomic E-state index is 3.50. The second-order valence-electron chi connectivity index (χ2n) is 4.89. The summed E-state index contributed by atoms with van der Waals surface area (Å²) in [6.45, 7) is 4.57. The zero-order valence-electron chi connectivity index (χ0n) is 9.92. The summed E-state index contributed by atoms with van der Waals surface area (Å²) in [6, 6.07) is 5.13. The molecule has 1 aliphatic rings. The van der Waals surface area contributed by atoms with E-state index < -0.39 is 0 Å². The molecule has 1 saturated carbocycles. The van der Waals surface area contributed by atoms with Crippen LogP contribution in [0, 0.1) is 18.8 Å². The highest BCUT2D eigenvalue weighted by Crippen LogP contribution is 2.40. The molecule has 1 aliphatic carbocycles. The largest absolute Gasteiger partial charge is 0.312 e. The maximum atomic E-state index is 3.50. The van der Waals surface area contributed by atoms with E-state index in [-0.39, 0.29) is 0 Å². The van der Waals surface area contributed by atoms with Crippen LogP contribution >= 0.6 is 11.3 Å². The van der Waals surface area contributed by atoms with Crippen molar-refractivity contribution in [1.29, 1.82) is 0 Å². The Morgan fingerprint density at radius 3 is 2.67 bits per heavy atom. The molecule has 0 saturated heterocycles. The first-order valence-electron chi connectivity index (χ1n) is 5.94. The summed E-state index contributed by atoms with van der Waals surface area (Å²) in [5.74, 6) is 1.77. The van der Waals surface area contributed by atoms with Crippen LogP contribution in [0.5, 0.6) is 0 Å². The van der Waals surface area contributed by atoms with E-state index >= 15 is 0 Å². The maximum Gasteiger partial charge on any atom is 0.0441 e. The number of thiophene rings is 1. The molecule has 1 N–H and O–H groups in total. The molecule has 1 nitrogen and oxygen atoms in total. The summed E-state index contributed by atoms with van der Waals surface area (Å²) < 4.78 is 0. The van der Waals surface area contributed by atoms with Crippen LogP contribution < -0.4 is 5.32 Å². The zero-order valence-corrected chi connectivity index (χ0v) is 10.7. The smallest absolute Gasteiger partial charge is 0.0441 e. The van der Waals surface area contributed by atoms with E-state index in [1.54, 1.807) is 0 Å². The Morgan fingerprint density at radius 2 is 2.20 bits per heavy atom. The fourth-order valence-corrected chi connectivity index (χ4v) is 3.87. The molecule has 84 valence electrons. The van der Waals surface area contributed by atoms with E-state index in [1.807, 2.05) is 11.3 Å². The summed E-state index contributed by atoms with van der Waals surface area (Å²) in [5.41, 5.74) is 0. The lowest BCUT2D eigenvalue weighted by Gasteiger charge is -2.21. The Kier molecular flexibility index (Phi) is 3.47. The van der Waals surface area contributed by atoms with Crippen molar-refractivity contribution in [2.75, 3.05) is 7.05 Å². The van der Waals surface area contributed by atoms with Gasteiger partial charge in [0.05, 0.1) is 0 Å². The average molecular weight is 223 g/mol. The van der Waals surface area contributed by atoms with Crippen molar-refractivity contribution < 1.29 is 0 Å². The fourth-order valence-electron chi connectivity index (χ4n) is 2.78. The van der Waals surface area contributed by atoms with Gasteiger partial charge >= 0.3 is 0 Å². The molecule has 3 unspecified atom stereocenters. The van der Waals surface area contributed by atoms with E-state index in [9.17, 15) is 0 Å².